The normalized spacial score (nSPS) is 24.2. The molecule has 1 saturated heterocycles. The Kier molecular flexibility index (Phi) is 9.26. The largest absolute Gasteiger partial charge is 0.458 e. The zero-order valence-electron chi connectivity index (χ0n) is 24.4. The van der Waals surface area contributed by atoms with Crippen LogP contribution in [0.5, 0.6) is 0 Å². The summed E-state index contributed by atoms with van der Waals surface area (Å²) in [5, 5.41) is 15.9. The Labute approximate surface area is 256 Å². The molecule has 3 aliphatic rings. The van der Waals surface area contributed by atoms with Crippen LogP contribution in [0.2, 0.25) is 0 Å². The van der Waals surface area contributed by atoms with Crippen molar-refractivity contribution >= 4 is 21.6 Å². The highest BCUT2D eigenvalue weighted by atomic mass is 32.2. The molecule has 0 spiro atoms. The fraction of sp³-hybridized carbons (Fsp3) is 0.483. The second kappa shape index (κ2) is 12.5. The molecule has 2 aromatic rings. The molecule has 3 heterocycles. The Morgan fingerprint density at radius 2 is 1.62 bits per heavy atom. The first kappa shape index (κ1) is 33.2. The summed E-state index contributed by atoms with van der Waals surface area (Å²) in [5.41, 5.74) is -1.62. The van der Waals surface area contributed by atoms with Crippen LogP contribution in [0.1, 0.15) is 27.8 Å². The lowest BCUT2D eigenvalue weighted by Gasteiger charge is -2.43. The maximum atomic E-state index is 13.7. The molecule has 5 rings (SSSR count). The van der Waals surface area contributed by atoms with Gasteiger partial charge in [0.25, 0.3) is 0 Å². The molecule has 2 aromatic carbocycles. The Morgan fingerprint density at radius 1 is 1.00 bits per heavy atom. The molecule has 3 atom stereocenters. The Balaban J connectivity index is 1.59. The van der Waals surface area contributed by atoms with Gasteiger partial charge in [0.15, 0.2) is 12.1 Å². The van der Waals surface area contributed by atoms with E-state index in [1.807, 2.05) is 4.90 Å². The summed E-state index contributed by atoms with van der Waals surface area (Å²) < 4.78 is 114. The number of hydrogen-bond donors (Lipinski definition) is 2. The summed E-state index contributed by atoms with van der Waals surface area (Å²) in [6, 6.07) is 7.38. The summed E-state index contributed by atoms with van der Waals surface area (Å²) >= 11 is 0. The predicted octanol–water partition coefficient (Wildman–Crippen LogP) is 4.18. The molecule has 0 aliphatic carbocycles. The number of nitrogens with zero attached hydrogens (tertiary/aromatic N) is 4. The minimum atomic E-state index is -5.03. The second-order valence-corrected chi connectivity index (χ2v) is 13.3. The predicted molar refractivity (Wildman–Crippen MR) is 153 cm³/mol. The number of ether oxygens (including phenoxy) is 1. The fourth-order valence-corrected chi connectivity index (χ4v) is 6.68. The molecule has 0 radical (unpaired) electrons. The van der Waals surface area contributed by atoms with Crippen molar-refractivity contribution in [2.24, 2.45) is 10.9 Å². The van der Waals surface area contributed by atoms with Crippen molar-refractivity contribution in [3.63, 3.8) is 0 Å². The van der Waals surface area contributed by atoms with Crippen LogP contribution in [-0.2, 0) is 33.5 Å². The van der Waals surface area contributed by atoms with Crippen LogP contribution in [0, 0.1) is 12.8 Å². The van der Waals surface area contributed by atoms with E-state index in [1.165, 1.54) is 4.31 Å². The number of piperazine rings is 1. The zero-order chi connectivity index (χ0) is 32.7. The lowest BCUT2D eigenvalue weighted by atomic mass is 9.89. The quantitative estimate of drug-likeness (QED) is 0.465. The van der Waals surface area contributed by atoms with Crippen LogP contribution in [0.4, 0.5) is 26.3 Å². The minimum absolute atomic E-state index is 0.0727. The van der Waals surface area contributed by atoms with E-state index in [-0.39, 0.29) is 49.5 Å². The highest BCUT2D eigenvalue weighted by Gasteiger charge is 2.42. The van der Waals surface area contributed by atoms with E-state index in [2.05, 4.69) is 10.3 Å². The molecular formula is C29H33F6N5O4S. The maximum absolute atomic E-state index is 13.7. The number of hydrogen-bond acceptors (Lipinski definition) is 8. The minimum Gasteiger partial charge on any atom is -0.458 e. The van der Waals surface area contributed by atoms with Crippen LogP contribution in [0.15, 0.2) is 53.5 Å². The molecule has 0 saturated carbocycles. The van der Waals surface area contributed by atoms with Gasteiger partial charge in [-0.15, -0.1) is 0 Å². The van der Waals surface area contributed by atoms with Gasteiger partial charge in [-0.1, -0.05) is 24.3 Å². The molecule has 1 fully saturated rings. The molecule has 0 amide bonds. The summed E-state index contributed by atoms with van der Waals surface area (Å²) in [7, 11) is -3.41. The van der Waals surface area contributed by atoms with Gasteiger partial charge in [-0.3, -0.25) is 20.5 Å². The van der Waals surface area contributed by atoms with Crippen molar-refractivity contribution in [1.29, 1.82) is 0 Å². The highest BCUT2D eigenvalue weighted by molar-refractivity contribution is 7.88. The van der Waals surface area contributed by atoms with E-state index >= 15 is 0 Å². The van der Waals surface area contributed by atoms with Gasteiger partial charge in [0.2, 0.25) is 10.0 Å². The summed E-state index contributed by atoms with van der Waals surface area (Å²) in [6.07, 6.45) is -8.53. The molecular weight excluding hydrogens is 628 g/mol. The number of alkyl halides is 6. The molecule has 16 heteroatoms. The van der Waals surface area contributed by atoms with Gasteiger partial charge in [0, 0.05) is 38.3 Å². The molecule has 246 valence electrons. The standard InChI is InChI=1S/C29H33F6N5O4S/c1-18-5-3-4-6-22(18)25-15-26(38-7-9-39(10-8-38)45(2,42)43)44-27-23(16-36-17-37-27)24(40(25)41)13-19-11-20(28(30,31)32)14-21(12-19)29(33,34)35/h3-6,11-12,14-15,23-24,26,36,41H,7-10,13,16-17H2,1-2H3. The zero-order valence-corrected chi connectivity index (χ0v) is 25.3. The van der Waals surface area contributed by atoms with Gasteiger partial charge in [0.05, 0.1) is 41.7 Å². The van der Waals surface area contributed by atoms with E-state index in [0.29, 0.717) is 30.8 Å². The summed E-state index contributed by atoms with van der Waals surface area (Å²) in [5.74, 6) is -0.600. The number of fused-ring (bicyclic) bond motifs is 1. The van der Waals surface area contributed by atoms with Gasteiger partial charge in [-0.05, 0) is 48.7 Å². The van der Waals surface area contributed by atoms with E-state index < -0.39 is 58.1 Å². The monoisotopic (exact) mass is 661 g/mol. The number of rotatable bonds is 5. The molecule has 45 heavy (non-hydrogen) atoms. The summed E-state index contributed by atoms with van der Waals surface area (Å²) in [4.78, 5) is 6.32. The van der Waals surface area contributed by atoms with Crippen molar-refractivity contribution in [3.8, 4) is 0 Å². The lowest BCUT2D eigenvalue weighted by molar-refractivity contribution is -0.143. The number of sulfonamides is 1. The molecule has 3 aliphatic heterocycles. The van der Waals surface area contributed by atoms with Gasteiger partial charge in [-0.25, -0.2) is 13.4 Å². The third-order valence-electron chi connectivity index (χ3n) is 8.21. The number of aliphatic imine (C=N–C) groups is 1. The van der Waals surface area contributed by atoms with Crippen molar-refractivity contribution in [2.45, 2.75) is 38.0 Å². The first-order valence-corrected chi connectivity index (χ1v) is 16.0. The van der Waals surface area contributed by atoms with Gasteiger partial charge >= 0.3 is 12.4 Å². The number of hydroxylamine groups is 2. The Morgan fingerprint density at radius 3 is 2.20 bits per heavy atom. The van der Waals surface area contributed by atoms with E-state index in [4.69, 9.17) is 4.74 Å². The second-order valence-electron chi connectivity index (χ2n) is 11.3. The van der Waals surface area contributed by atoms with Crippen LogP contribution in [0.25, 0.3) is 5.70 Å². The number of nitrogens with one attached hydrogen (secondary N) is 1. The molecule has 2 N–H and O–H groups in total. The number of halogens is 6. The average Bonchev–Trinajstić information content (AvgIpc) is 2.96. The Bertz CT molecular complexity index is 1540. The molecule has 0 aromatic heterocycles. The first-order chi connectivity index (χ1) is 21.0. The van der Waals surface area contributed by atoms with Crippen molar-refractivity contribution < 1.29 is 44.7 Å². The number of aryl methyl sites for hydroxylation is 1. The SMILES string of the molecule is Cc1ccccc1C1=CC(N2CCN(S(C)(=O)=O)CC2)OC2=NCNCC2C(Cc2cc(C(F)(F)F)cc(C(F)(F)F)c2)N1O. The topological polar surface area (TPSA) is 97.7 Å². The third-order valence-corrected chi connectivity index (χ3v) is 9.51. The highest BCUT2D eigenvalue weighted by Crippen LogP contribution is 2.38. The van der Waals surface area contributed by atoms with Gasteiger partial charge in [-0.2, -0.15) is 30.6 Å². The lowest BCUT2D eigenvalue weighted by Crippen LogP contribution is -2.56. The molecule has 9 nitrogen and oxygen atoms in total. The third kappa shape index (κ3) is 7.46. The van der Waals surface area contributed by atoms with Crippen molar-refractivity contribution in [2.75, 3.05) is 45.6 Å². The van der Waals surface area contributed by atoms with E-state index in [0.717, 1.165) is 16.9 Å². The van der Waals surface area contributed by atoms with E-state index in [9.17, 15) is 40.0 Å². The molecule has 3 unspecified atom stereocenters. The van der Waals surface area contributed by atoms with Crippen LogP contribution in [-0.4, -0.2) is 91.7 Å². The van der Waals surface area contributed by atoms with Crippen LogP contribution >= 0.6 is 0 Å². The summed E-state index contributed by atoms with van der Waals surface area (Å²) in [6.45, 7) is 3.11. The smallest absolute Gasteiger partial charge is 0.416 e. The Hall–Kier alpha value is -3.18. The first-order valence-electron chi connectivity index (χ1n) is 14.2. The number of benzene rings is 2. The van der Waals surface area contributed by atoms with Gasteiger partial charge in [0.1, 0.15) is 0 Å². The molecule has 0 bridgehead atoms. The van der Waals surface area contributed by atoms with E-state index in [1.54, 1.807) is 37.3 Å². The van der Waals surface area contributed by atoms with Crippen molar-refractivity contribution in [1.82, 2.24) is 19.6 Å². The van der Waals surface area contributed by atoms with Crippen LogP contribution < -0.4 is 5.32 Å². The van der Waals surface area contributed by atoms with Crippen molar-refractivity contribution in [3.05, 3.63) is 76.4 Å². The maximum Gasteiger partial charge on any atom is 0.416 e. The fourth-order valence-electron chi connectivity index (χ4n) is 5.85. The van der Waals surface area contributed by atoms with Gasteiger partial charge < -0.3 is 4.74 Å². The average molecular weight is 662 g/mol. The van der Waals surface area contributed by atoms with Crippen LogP contribution in [0.3, 0.4) is 0 Å².